The minimum Gasteiger partial charge on any atom is -0.330 e. The maximum absolute atomic E-state index is 11.9. The number of hydrogen-bond donors (Lipinski definition) is 2. The molecule has 0 saturated heterocycles. The Hall–Kier alpha value is -2.33. The summed E-state index contributed by atoms with van der Waals surface area (Å²) in [6, 6.07) is 15.7. The van der Waals surface area contributed by atoms with Gasteiger partial charge in [-0.3, -0.25) is 4.79 Å². The van der Waals surface area contributed by atoms with Crippen LogP contribution in [0.1, 0.15) is 18.5 Å². The number of rotatable bonds is 2. The number of amides is 1. The third-order valence-electron chi connectivity index (χ3n) is 3.49. The number of para-hydroxylation sites is 3. The molecule has 4 heteroatoms. The molecular weight excluding hydrogens is 250 g/mol. The van der Waals surface area contributed by atoms with Gasteiger partial charge >= 0.3 is 0 Å². The van der Waals surface area contributed by atoms with Gasteiger partial charge in [-0.2, -0.15) is 0 Å². The zero-order valence-corrected chi connectivity index (χ0v) is 11.3. The fraction of sp³-hybridized carbons (Fsp3) is 0.188. The van der Waals surface area contributed by atoms with Gasteiger partial charge in [0.15, 0.2) is 0 Å². The lowest BCUT2D eigenvalue weighted by Crippen LogP contribution is -2.35. The normalized spacial score (nSPS) is 15.5. The number of carbonyl (C=O) groups is 1. The standard InChI is InChI=1S/C16H17N3O/c1-11(17)12-6-2-4-8-14(12)19-10-16(20)18-13-7-3-5-9-15(13)19/h2-9,11H,10,17H2,1H3,(H,18,20)/t11-/m0/s1. The van der Waals surface area contributed by atoms with E-state index in [1.807, 2.05) is 60.4 Å². The number of anilines is 3. The Morgan fingerprint density at radius 1 is 1.10 bits per heavy atom. The van der Waals surface area contributed by atoms with Crippen molar-refractivity contribution in [2.75, 3.05) is 16.8 Å². The highest BCUT2D eigenvalue weighted by Crippen LogP contribution is 2.37. The topological polar surface area (TPSA) is 58.4 Å². The van der Waals surface area contributed by atoms with Gasteiger partial charge < -0.3 is 16.0 Å². The summed E-state index contributed by atoms with van der Waals surface area (Å²) >= 11 is 0. The molecule has 0 spiro atoms. The number of benzene rings is 2. The summed E-state index contributed by atoms with van der Waals surface area (Å²) in [5.74, 6) is -0.0109. The molecule has 0 unspecified atom stereocenters. The van der Waals surface area contributed by atoms with Crippen molar-refractivity contribution in [2.24, 2.45) is 5.73 Å². The molecule has 0 aromatic heterocycles. The second-order valence-corrected chi connectivity index (χ2v) is 5.00. The number of fused-ring (bicyclic) bond motifs is 1. The van der Waals surface area contributed by atoms with Crippen molar-refractivity contribution in [1.29, 1.82) is 0 Å². The Labute approximate surface area is 118 Å². The van der Waals surface area contributed by atoms with Crippen LogP contribution in [0.3, 0.4) is 0 Å². The molecule has 2 aromatic carbocycles. The molecule has 0 bridgehead atoms. The molecular formula is C16H17N3O. The second-order valence-electron chi connectivity index (χ2n) is 5.00. The predicted molar refractivity (Wildman–Crippen MR) is 81.1 cm³/mol. The molecule has 0 aliphatic carbocycles. The highest BCUT2D eigenvalue weighted by molar-refractivity contribution is 6.03. The van der Waals surface area contributed by atoms with Gasteiger partial charge in [-0.05, 0) is 30.7 Å². The van der Waals surface area contributed by atoms with Gasteiger partial charge in [0.05, 0.1) is 11.4 Å². The van der Waals surface area contributed by atoms with E-state index in [0.29, 0.717) is 6.54 Å². The highest BCUT2D eigenvalue weighted by Gasteiger charge is 2.24. The Balaban J connectivity index is 2.13. The molecule has 20 heavy (non-hydrogen) atoms. The number of hydrogen-bond acceptors (Lipinski definition) is 3. The van der Waals surface area contributed by atoms with E-state index in [9.17, 15) is 4.79 Å². The monoisotopic (exact) mass is 267 g/mol. The molecule has 0 saturated carbocycles. The van der Waals surface area contributed by atoms with Crippen LogP contribution in [0.4, 0.5) is 17.1 Å². The Morgan fingerprint density at radius 2 is 1.75 bits per heavy atom. The van der Waals surface area contributed by atoms with E-state index in [-0.39, 0.29) is 11.9 Å². The third-order valence-corrected chi connectivity index (χ3v) is 3.49. The molecule has 3 N–H and O–H groups in total. The van der Waals surface area contributed by atoms with Gasteiger partial charge in [-0.1, -0.05) is 30.3 Å². The Morgan fingerprint density at radius 3 is 2.50 bits per heavy atom. The van der Waals surface area contributed by atoms with Gasteiger partial charge in [0.1, 0.15) is 6.54 Å². The summed E-state index contributed by atoms with van der Waals surface area (Å²) in [7, 11) is 0. The van der Waals surface area contributed by atoms with Crippen LogP contribution in [0.25, 0.3) is 0 Å². The molecule has 1 atom stereocenters. The fourth-order valence-electron chi connectivity index (χ4n) is 2.57. The van der Waals surface area contributed by atoms with Gasteiger partial charge in [0, 0.05) is 11.7 Å². The molecule has 0 fully saturated rings. The third kappa shape index (κ3) is 2.14. The summed E-state index contributed by atoms with van der Waals surface area (Å²) in [6.07, 6.45) is 0. The summed E-state index contributed by atoms with van der Waals surface area (Å²) in [5, 5.41) is 2.90. The summed E-state index contributed by atoms with van der Waals surface area (Å²) in [6.45, 7) is 2.26. The van der Waals surface area contributed by atoms with E-state index in [1.54, 1.807) is 0 Å². The van der Waals surface area contributed by atoms with E-state index in [1.165, 1.54) is 0 Å². The van der Waals surface area contributed by atoms with Crippen molar-refractivity contribution >= 4 is 23.0 Å². The first kappa shape index (κ1) is 12.7. The zero-order chi connectivity index (χ0) is 14.1. The second kappa shape index (κ2) is 4.98. The first-order valence-corrected chi connectivity index (χ1v) is 6.68. The molecule has 0 radical (unpaired) electrons. The molecule has 2 aromatic rings. The zero-order valence-electron chi connectivity index (χ0n) is 11.3. The number of carbonyl (C=O) groups excluding carboxylic acids is 1. The molecule has 4 nitrogen and oxygen atoms in total. The lowest BCUT2D eigenvalue weighted by atomic mass is 10.0. The quantitative estimate of drug-likeness (QED) is 0.879. The van der Waals surface area contributed by atoms with Gasteiger partial charge in [-0.25, -0.2) is 0 Å². The van der Waals surface area contributed by atoms with Gasteiger partial charge in [0.2, 0.25) is 5.91 Å². The maximum Gasteiger partial charge on any atom is 0.244 e. The molecule has 3 rings (SSSR count). The minimum atomic E-state index is -0.0802. The van der Waals surface area contributed by atoms with Crippen LogP contribution >= 0.6 is 0 Å². The molecule has 1 aliphatic heterocycles. The first-order chi connectivity index (χ1) is 9.66. The summed E-state index contributed by atoms with van der Waals surface area (Å²) in [5.41, 5.74) is 9.91. The molecule has 1 aliphatic rings. The van der Waals surface area contributed by atoms with E-state index in [2.05, 4.69) is 5.32 Å². The van der Waals surface area contributed by atoms with Crippen molar-refractivity contribution in [3.05, 3.63) is 54.1 Å². The average molecular weight is 267 g/mol. The minimum absolute atomic E-state index is 0.0109. The number of nitrogens with one attached hydrogen (secondary N) is 1. The van der Waals surface area contributed by atoms with E-state index < -0.39 is 0 Å². The van der Waals surface area contributed by atoms with Crippen LogP contribution in [0.15, 0.2) is 48.5 Å². The molecule has 1 heterocycles. The fourth-order valence-corrected chi connectivity index (χ4v) is 2.57. The Bertz CT molecular complexity index is 652. The van der Waals surface area contributed by atoms with Crippen LogP contribution in [-0.4, -0.2) is 12.5 Å². The molecule has 1 amide bonds. The van der Waals surface area contributed by atoms with Crippen LogP contribution in [0, 0.1) is 0 Å². The van der Waals surface area contributed by atoms with Crippen LogP contribution < -0.4 is 16.0 Å². The Kier molecular flexibility index (Phi) is 3.16. The van der Waals surface area contributed by atoms with Crippen LogP contribution in [-0.2, 0) is 4.79 Å². The highest BCUT2D eigenvalue weighted by atomic mass is 16.2. The maximum atomic E-state index is 11.9. The SMILES string of the molecule is C[C@H](N)c1ccccc1N1CC(=O)Nc2ccccc21. The van der Waals surface area contributed by atoms with Crippen molar-refractivity contribution in [2.45, 2.75) is 13.0 Å². The lowest BCUT2D eigenvalue weighted by molar-refractivity contribution is -0.115. The summed E-state index contributed by atoms with van der Waals surface area (Å²) in [4.78, 5) is 13.9. The van der Waals surface area contributed by atoms with Crippen molar-refractivity contribution in [3.63, 3.8) is 0 Å². The average Bonchev–Trinajstić information content (AvgIpc) is 2.46. The smallest absolute Gasteiger partial charge is 0.244 e. The van der Waals surface area contributed by atoms with Crippen molar-refractivity contribution in [3.8, 4) is 0 Å². The number of nitrogens with two attached hydrogens (primary N) is 1. The number of nitrogens with zero attached hydrogens (tertiary/aromatic N) is 1. The van der Waals surface area contributed by atoms with Gasteiger partial charge in [-0.15, -0.1) is 0 Å². The predicted octanol–water partition coefficient (Wildman–Crippen LogP) is 2.80. The largest absolute Gasteiger partial charge is 0.330 e. The first-order valence-electron chi connectivity index (χ1n) is 6.68. The molecule has 102 valence electrons. The van der Waals surface area contributed by atoms with Crippen LogP contribution in [0.5, 0.6) is 0 Å². The van der Waals surface area contributed by atoms with Gasteiger partial charge in [0.25, 0.3) is 0 Å². The van der Waals surface area contributed by atoms with E-state index in [0.717, 1.165) is 22.6 Å². The van der Waals surface area contributed by atoms with E-state index in [4.69, 9.17) is 5.73 Å². The van der Waals surface area contributed by atoms with Crippen LogP contribution in [0.2, 0.25) is 0 Å². The lowest BCUT2D eigenvalue weighted by Gasteiger charge is -2.32. The van der Waals surface area contributed by atoms with Crippen molar-refractivity contribution in [1.82, 2.24) is 0 Å². The van der Waals surface area contributed by atoms with E-state index >= 15 is 0 Å². The van der Waals surface area contributed by atoms with Crippen molar-refractivity contribution < 1.29 is 4.79 Å². The summed E-state index contributed by atoms with van der Waals surface area (Å²) < 4.78 is 0.